The summed E-state index contributed by atoms with van der Waals surface area (Å²) in [6, 6.07) is 17.4. The molecular formula is C72H92N10O8. The van der Waals surface area contributed by atoms with Crippen LogP contribution in [0, 0.1) is 5.92 Å². The number of aliphatic hydroxyl groups is 1. The molecule has 18 nitrogen and oxygen atoms in total. The van der Waals surface area contributed by atoms with E-state index < -0.39 is 6.23 Å². The first-order valence-corrected chi connectivity index (χ1v) is 32.9. The lowest BCUT2D eigenvalue weighted by Gasteiger charge is -2.36. The van der Waals surface area contributed by atoms with E-state index in [0.29, 0.717) is 129 Å². The first-order chi connectivity index (χ1) is 43.7. The van der Waals surface area contributed by atoms with Crippen molar-refractivity contribution in [3.63, 3.8) is 0 Å². The zero-order valence-electron chi connectivity index (χ0n) is 53.6. The van der Waals surface area contributed by atoms with Crippen LogP contribution >= 0.6 is 0 Å². The number of aliphatic hydroxyl groups excluding tert-OH is 1. The Balaban J connectivity index is 0.668. The number of unbranched alkanes of at least 4 members (excludes halogenated alkanes) is 1. The standard InChI is InChI=1S/C72H92N10O8/c1-8-14-38-82-70(87)59-23-17-22-58-67(59)60(71(82)88)44-51(68(58)85)45-74-61(19-9-2)50-25-27-53(28-26-50)89-48-52-47-81(76-75-52)37-18-36-73-64(83)30-31-65(84)78-39-41-79(42-40-78)69(86)55-21-16-15-20-54(55)66-56-29-24-49(46-77(10-3)11-4)43-63(56)90-62-33-35-72(7,34-32-57(62)66)80(12-5)13-6/h9,15-16,20-21,23,25-29,32-35,43-44,47,49,61-62,64,73-74,83,85H,2,8,10-14,17-19,22,24,30-31,36-42,45-46,48H2,1,3-7H3. The summed E-state index contributed by atoms with van der Waals surface area (Å²) in [4.78, 5) is 65.2. The van der Waals surface area contributed by atoms with Gasteiger partial charge >= 0.3 is 0 Å². The van der Waals surface area contributed by atoms with Gasteiger partial charge < -0.3 is 39.7 Å². The summed E-state index contributed by atoms with van der Waals surface area (Å²) >= 11 is 0. The van der Waals surface area contributed by atoms with E-state index in [1.165, 1.54) is 4.90 Å². The van der Waals surface area contributed by atoms with Crippen LogP contribution in [-0.2, 0) is 40.4 Å². The third-order valence-corrected chi connectivity index (χ3v) is 18.7. The van der Waals surface area contributed by atoms with Crippen LogP contribution in [0.2, 0.25) is 0 Å². The van der Waals surface area contributed by atoms with Crippen LogP contribution in [0.3, 0.4) is 0 Å². The van der Waals surface area contributed by atoms with E-state index in [2.05, 4.69) is 114 Å². The van der Waals surface area contributed by atoms with Gasteiger partial charge in [0, 0.05) is 115 Å². The molecule has 0 radical (unpaired) electrons. The van der Waals surface area contributed by atoms with E-state index in [0.717, 1.165) is 85.6 Å². The van der Waals surface area contributed by atoms with Crippen LogP contribution < -0.4 is 15.4 Å². The third kappa shape index (κ3) is 14.5. The van der Waals surface area contributed by atoms with Crippen molar-refractivity contribution in [2.75, 3.05) is 72.0 Å². The van der Waals surface area contributed by atoms with E-state index in [1.807, 2.05) is 72.6 Å². The van der Waals surface area contributed by atoms with Crippen molar-refractivity contribution in [2.45, 2.75) is 143 Å². The van der Waals surface area contributed by atoms with E-state index in [4.69, 9.17) is 9.47 Å². The highest BCUT2D eigenvalue weighted by Crippen LogP contribution is 2.46. The predicted octanol–water partition coefficient (Wildman–Crippen LogP) is 9.70. The number of allylic oxidation sites excluding steroid dienone is 3. The summed E-state index contributed by atoms with van der Waals surface area (Å²) in [7, 11) is 0. The minimum absolute atomic E-state index is 0.0473. The maximum absolute atomic E-state index is 14.7. The summed E-state index contributed by atoms with van der Waals surface area (Å²) in [5.41, 5.74) is 8.82. The molecule has 90 heavy (non-hydrogen) atoms. The van der Waals surface area contributed by atoms with Crippen LogP contribution in [0.5, 0.6) is 11.5 Å². The number of aromatic hydroxyl groups is 1. The Bertz CT molecular complexity index is 3450. The Morgan fingerprint density at radius 2 is 1.68 bits per heavy atom. The summed E-state index contributed by atoms with van der Waals surface area (Å²) in [5.74, 6) is 1.28. The average Bonchev–Trinajstić information content (AvgIpc) is 0.861. The zero-order chi connectivity index (χ0) is 63.5. The molecule has 5 atom stereocenters. The number of phenols is 1. The number of carbonyl (C=O) groups is 4. The van der Waals surface area contributed by atoms with Crippen molar-refractivity contribution in [2.24, 2.45) is 5.92 Å². The fourth-order valence-corrected chi connectivity index (χ4v) is 13.5. The second kappa shape index (κ2) is 29.9. The maximum atomic E-state index is 14.7. The number of aromatic nitrogens is 3. The Hall–Kier alpha value is -7.74. The van der Waals surface area contributed by atoms with E-state index in [9.17, 15) is 29.4 Å². The first-order valence-electron chi connectivity index (χ1n) is 32.9. The van der Waals surface area contributed by atoms with Crippen LogP contribution in [0.1, 0.15) is 153 Å². The minimum atomic E-state index is -0.862. The molecule has 3 aliphatic heterocycles. The van der Waals surface area contributed by atoms with Crippen molar-refractivity contribution < 1.29 is 38.9 Å². The Labute approximate surface area is 531 Å². The molecule has 3 aliphatic carbocycles. The highest BCUT2D eigenvalue weighted by atomic mass is 16.5. The lowest BCUT2D eigenvalue weighted by atomic mass is 9.80. The summed E-state index contributed by atoms with van der Waals surface area (Å²) in [5, 5.41) is 37.6. The molecule has 10 rings (SSSR count). The molecule has 4 aromatic rings. The monoisotopic (exact) mass is 1220 g/mol. The normalized spacial score (nSPS) is 20.2. The van der Waals surface area contributed by atoms with E-state index in [1.54, 1.807) is 15.6 Å². The van der Waals surface area contributed by atoms with Crippen LogP contribution in [0.15, 0.2) is 133 Å². The largest absolute Gasteiger partial charge is 0.507 e. The highest BCUT2D eigenvalue weighted by molar-refractivity contribution is 6.31. The molecule has 1 fully saturated rings. The van der Waals surface area contributed by atoms with Crippen molar-refractivity contribution >= 4 is 34.8 Å². The number of hydrogen-bond acceptors (Lipinski definition) is 14. The topological polar surface area (TPSA) is 198 Å². The second-order valence-electron chi connectivity index (χ2n) is 24.5. The molecule has 0 saturated carbocycles. The molecule has 5 unspecified atom stereocenters. The number of nitrogens with one attached hydrogen (secondary N) is 2. The van der Waals surface area contributed by atoms with Gasteiger partial charge in [0.15, 0.2) is 0 Å². The van der Waals surface area contributed by atoms with Gasteiger partial charge in [-0.05, 0) is 138 Å². The Kier molecular flexibility index (Phi) is 21.7. The molecule has 1 saturated heterocycles. The molecule has 6 aliphatic rings. The van der Waals surface area contributed by atoms with Crippen molar-refractivity contribution in [1.82, 2.24) is 50.1 Å². The fourth-order valence-electron chi connectivity index (χ4n) is 13.5. The molecule has 0 spiro atoms. The molecule has 3 aromatic carbocycles. The number of aryl methyl sites for hydroxylation is 1. The SMILES string of the molecule is C=CCC(NCc1cc2c3c(c1O)CCC=C3C(=O)N(CCCC)C2=O)c1ccc(OCc2cn(CCCNC(O)CCC(=O)N3CCN(C(=O)c4ccccc4C4=C5C=CC(C)(N(CC)CC)C=CC5OC5=CC(CN(CC)CC)CC=C54)CC3)nn2)cc1. The predicted molar refractivity (Wildman–Crippen MR) is 351 cm³/mol. The van der Waals surface area contributed by atoms with Crippen molar-refractivity contribution in [3.8, 4) is 11.5 Å². The average molecular weight is 1230 g/mol. The quantitative estimate of drug-likeness (QED) is 0.0173. The first kappa shape index (κ1) is 65.2. The minimum Gasteiger partial charge on any atom is -0.507 e. The molecule has 4 heterocycles. The molecule has 0 bridgehead atoms. The van der Waals surface area contributed by atoms with Gasteiger partial charge in [-0.1, -0.05) is 113 Å². The molecular weight excluding hydrogens is 1130 g/mol. The number of rotatable bonds is 29. The van der Waals surface area contributed by atoms with Gasteiger partial charge in [0.05, 0.1) is 11.7 Å². The number of hydrogen-bond donors (Lipinski definition) is 4. The van der Waals surface area contributed by atoms with Gasteiger partial charge in [-0.15, -0.1) is 11.7 Å². The number of ether oxygens (including phenoxy) is 2. The van der Waals surface area contributed by atoms with Gasteiger partial charge in [-0.2, -0.15) is 0 Å². The number of nitrogens with zero attached hydrogens (tertiary/aromatic N) is 8. The third-order valence-electron chi connectivity index (χ3n) is 18.7. The Morgan fingerprint density at radius 1 is 0.911 bits per heavy atom. The summed E-state index contributed by atoms with van der Waals surface area (Å²) < 4.78 is 14.8. The van der Waals surface area contributed by atoms with Crippen molar-refractivity contribution in [3.05, 3.63) is 178 Å². The number of amides is 4. The second-order valence-corrected chi connectivity index (χ2v) is 24.5. The number of benzene rings is 3. The molecule has 18 heteroatoms. The lowest BCUT2D eigenvalue weighted by Crippen LogP contribution is -2.51. The zero-order valence-corrected chi connectivity index (χ0v) is 53.6. The van der Waals surface area contributed by atoms with Crippen LogP contribution in [-0.4, -0.2) is 163 Å². The molecule has 4 amide bonds. The maximum Gasteiger partial charge on any atom is 0.261 e. The molecule has 4 N–H and O–H groups in total. The highest BCUT2D eigenvalue weighted by Gasteiger charge is 2.40. The number of phenolic OH excluding ortho intramolecular Hbond substituents is 1. The molecule has 1 aromatic heterocycles. The Morgan fingerprint density at radius 3 is 2.42 bits per heavy atom. The van der Waals surface area contributed by atoms with E-state index >= 15 is 0 Å². The van der Waals surface area contributed by atoms with Gasteiger partial charge in [0.1, 0.15) is 41.9 Å². The van der Waals surface area contributed by atoms with E-state index in [-0.39, 0.29) is 66.5 Å². The smallest absolute Gasteiger partial charge is 0.261 e. The van der Waals surface area contributed by atoms with Crippen LogP contribution in [0.4, 0.5) is 0 Å². The van der Waals surface area contributed by atoms with Gasteiger partial charge in [0.25, 0.3) is 17.7 Å². The number of fused-ring (bicyclic) bond motifs is 2. The van der Waals surface area contributed by atoms with Gasteiger partial charge in [0.2, 0.25) is 5.91 Å². The summed E-state index contributed by atoms with van der Waals surface area (Å²) in [6.07, 6.45) is 23.3. The fraction of sp³-hybridized carbons (Fsp3) is 0.472. The molecule has 478 valence electrons. The van der Waals surface area contributed by atoms with Crippen LogP contribution in [0.25, 0.3) is 11.1 Å². The number of piperazine rings is 1. The summed E-state index contributed by atoms with van der Waals surface area (Å²) in [6.45, 7) is 25.4. The number of imide groups is 1. The van der Waals surface area contributed by atoms with Gasteiger partial charge in [-0.3, -0.25) is 39.0 Å². The van der Waals surface area contributed by atoms with Crippen molar-refractivity contribution in [1.29, 1.82) is 0 Å². The number of carbonyl (C=O) groups excluding carboxylic acids is 4. The van der Waals surface area contributed by atoms with Gasteiger partial charge in [-0.25, -0.2) is 0 Å². The number of likely N-dealkylation sites (N-methyl/N-ethyl adjacent to an activating group) is 1. The lowest BCUT2D eigenvalue weighted by molar-refractivity contribution is -0.133.